The van der Waals surface area contributed by atoms with Gasteiger partial charge in [-0.15, -0.1) is 0 Å². The first-order valence-electron chi connectivity index (χ1n) is 8.46. The van der Waals surface area contributed by atoms with E-state index in [9.17, 15) is 4.79 Å². The number of carbonyl (C=O) groups excluding carboxylic acids is 1. The van der Waals surface area contributed by atoms with E-state index in [0.717, 1.165) is 18.8 Å². The predicted molar refractivity (Wildman–Crippen MR) is 99.8 cm³/mol. The Kier molecular flexibility index (Phi) is 5.40. The zero-order valence-electron chi connectivity index (χ0n) is 14.0. The molecule has 130 valence electrons. The Hall–Kier alpha value is -2.02. The lowest BCUT2D eigenvalue weighted by Crippen LogP contribution is -2.39. The number of amides is 1. The summed E-state index contributed by atoms with van der Waals surface area (Å²) in [7, 11) is 1.76. The molecule has 0 aromatic heterocycles. The number of hydrogen-bond acceptors (Lipinski definition) is 4. The quantitative estimate of drug-likeness (QED) is 0.813. The molecule has 0 bridgehead atoms. The van der Waals surface area contributed by atoms with E-state index in [4.69, 9.17) is 17.0 Å². The summed E-state index contributed by atoms with van der Waals surface area (Å²) in [5.41, 5.74) is 2.10. The van der Waals surface area contributed by atoms with E-state index in [0.29, 0.717) is 18.2 Å². The zero-order valence-corrected chi connectivity index (χ0v) is 14.8. The fourth-order valence-electron chi connectivity index (χ4n) is 3.13. The number of ether oxygens (including phenoxy) is 1. The number of anilines is 2. The molecule has 2 aliphatic rings. The number of rotatable bonds is 4. The molecule has 1 aromatic rings. The van der Waals surface area contributed by atoms with Crippen LogP contribution in [0.3, 0.4) is 0 Å². The molecule has 0 radical (unpaired) electrons. The fraction of sp³-hybridized carbons (Fsp3) is 0.529. The Morgan fingerprint density at radius 3 is 2.54 bits per heavy atom. The van der Waals surface area contributed by atoms with Gasteiger partial charge in [0.2, 0.25) is 0 Å². The Labute approximate surface area is 148 Å². The average Bonchev–Trinajstić information content (AvgIpc) is 3.01. The van der Waals surface area contributed by atoms with Crippen LogP contribution in [0, 0.1) is 0 Å². The molecule has 2 fully saturated rings. The standard InChI is InChI=1S/C17H24N4O2S/c1-18-16(24)19-11-15-12-21(17(22)23-15)14-7-5-13(6-8-14)20-9-3-2-4-10-20/h5-8,15H,2-4,9-12H2,1H3,(H2,18,19,24)/t15-/m0/s1. The second kappa shape index (κ2) is 7.70. The molecule has 1 amide bonds. The van der Waals surface area contributed by atoms with Crippen molar-refractivity contribution in [1.29, 1.82) is 0 Å². The Balaban J connectivity index is 1.59. The number of piperidine rings is 1. The van der Waals surface area contributed by atoms with E-state index in [-0.39, 0.29) is 12.2 Å². The van der Waals surface area contributed by atoms with Crippen LogP contribution in [0.5, 0.6) is 0 Å². The molecule has 0 aliphatic carbocycles. The summed E-state index contributed by atoms with van der Waals surface area (Å²) in [6.45, 7) is 3.27. The maximum Gasteiger partial charge on any atom is 0.414 e. The van der Waals surface area contributed by atoms with E-state index in [1.165, 1.54) is 24.9 Å². The van der Waals surface area contributed by atoms with E-state index in [1.807, 2.05) is 12.1 Å². The number of benzene rings is 1. The molecule has 2 N–H and O–H groups in total. The van der Waals surface area contributed by atoms with Crippen LogP contribution in [0.1, 0.15) is 19.3 Å². The van der Waals surface area contributed by atoms with Gasteiger partial charge in [-0.25, -0.2) is 4.79 Å². The van der Waals surface area contributed by atoms with Gasteiger partial charge in [-0.2, -0.15) is 0 Å². The first kappa shape index (κ1) is 16.8. The highest BCUT2D eigenvalue weighted by molar-refractivity contribution is 7.80. The van der Waals surface area contributed by atoms with Crippen LogP contribution >= 0.6 is 12.2 Å². The highest BCUT2D eigenvalue weighted by Gasteiger charge is 2.32. The molecule has 1 aromatic carbocycles. The highest BCUT2D eigenvalue weighted by Crippen LogP contribution is 2.26. The summed E-state index contributed by atoms with van der Waals surface area (Å²) in [6, 6.07) is 8.18. The van der Waals surface area contributed by atoms with Crippen LogP contribution in [-0.2, 0) is 4.74 Å². The lowest BCUT2D eigenvalue weighted by molar-refractivity contribution is 0.143. The molecule has 1 atom stereocenters. The van der Waals surface area contributed by atoms with Gasteiger partial charge < -0.3 is 20.3 Å². The van der Waals surface area contributed by atoms with Gasteiger partial charge in [-0.05, 0) is 55.7 Å². The van der Waals surface area contributed by atoms with Gasteiger partial charge in [0.1, 0.15) is 6.10 Å². The van der Waals surface area contributed by atoms with Crippen molar-refractivity contribution in [1.82, 2.24) is 10.6 Å². The monoisotopic (exact) mass is 348 g/mol. The topological polar surface area (TPSA) is 56.8 Å². The lowest BCUT2D eigenvalue weighted by atomic mass is 10.1. The van der Waals surface area contributed by atoms with Gasteiger partial charge in [-0.1, -0.05) is 0 Å². The number of hydrogen-bond donors (Lipinski definition) is 2. The maximum absolute atomic E-state index is 12.1. The number of thiocarbonyl (C=S) groups is 1. The smallest absolute Gasteiger partial charge is 0.414 e. The third-order valence-corrected chi connectivity index (χ3v) is 4.82. The zero-order chi connectivity index (χ0) is 16.9. The van der Waals surface area contributed by atoms with Crippen LogP contribution in [0.2, 0.25) is 0 Å². The number of cyclic esters (lactones) is 1. The minimum absolute atomic E-state index is 0.203. The summed E-state index contributed by atoms with van der Waals surface area (Å²) in [4.78, 5) is 16.2. The van der Waals surface area contributed by atoms with Crippen LogP contribution < -0.4 is 20.4 Å². The number of nitrogens with zero attached hydrogens (tertiary/aromatic N) is 2. The molecule has 24 heavy (non-hydrogen) atoms. The first-order valence-corrected chi connectivity index (χ1v) is 8.87. The van der Waals surface area contributed by atoms with Gasteiger partial charge in [0.25, 0.3) is 0 Å². The van der Waals surface area contributed by atoms with Crippen molar-refractivity contribution in [3.63, 3.8) is 0 Å². The summed E-state index contributed by atoms with van der Waals surface area (Å²) >= 11 is 5.04. The molecule has 3 rings (SSSR count). The largest absolute Gasteiger partial charge is 0.442 e. The summed E-state index contributed by atoms with van der Waals surface area (Å²) in [5, 5.41) is 6.42. The van der Waals surface area contributed by atoms with E-state index < -0.39 is 0 Å². The van der Waals surface area contributed by atoms with Crippen LogP contribution in [0.4, 0.5) is 16.2 Å². The van der Waals surface area contributed by atoms with E-state index in [1.54, 1.807) is 11.9 Å². The molecule has 6 nitrogen and oxygen atoms in total. The van der Waals surface area contributed by atoms with Crippen molar-refractivity contribution in [3.05, 3.63) is 24.3 Å². The van der Waals surface area contributed by atoms with Crippen LogP contribution in [-0.4, -0.2) is 50.5 Å². The van der Waals surface area contributed by atoms with Crippen molar-refractivity contribution in [2.45, 2.75) is 25.4 Å². The van der Waals surface area contributed by atoms with E-state index in [2.05, 4.69) is 27.7 Å². The summed E-state index contributed by atoms with van der Waals surface area (Å²) in [6.07, 6.45) is 3.32. The lowest BCUT2D eigenvalue weighted by Gasteiger charge is -2.29. The van der Waals surface area contributed by atoms with Crippen LogP contribution in [0.25, 0.3) is 0 Å². The molecule has 0 spiro atoms. The van der Waals surface area contributed by atoms with Gasteiger partial charge in [0.15, 0.2) is 5.11 Å². The number of carbonyl (C=O) groups is 1. The maximum atomic E-state index is 12.1. The molecular formula is C17H24N4O2S. The molecule has 0 saturated carbocycles. The van der Waals surface area contributed by atoms with Gasteiger partial charge >= 0.3 is 6.09 Å². The molecule has 2 aliphatic heterocycles. The number of nitrogens with one attached hydrogen (secondary N) is 2. The Morgan fingerprint density at radius 1 is 1.21 bits per heavy atom. The normalized spacial score (nSPS) is 20.7. The minimum atomic E-state index is -0.303. The van der Waals surface area contributed by atoms with E-state index >= 15 is 0 Å². The predicted octanol–water partition coefficient (Wildman–Crippen LogP) is 2.10. The molecule has 0 unspecified atom stereocenters. The Bertz CT molecular complexity index is 587. The third kappa shape index (κ3) is 3.90. The second-order valence-electron chi connectivity index (χ2n) is 6.14. The minimum Gasteiger partial charge on any atom is -0.442 e. The van der Waals surface area contributed by atoms with Crippen molar-refractivity contribution in [2.24, 2.45) is 0 Å². The Morgan fingerprint density at radius 2 is 1.88 bits per heavy atom. The molecule has 7 heteroatoms. The first-order chi connectivity index (χ1) is 11.7. The van der Waals surface area contributed by atoms with Gasteiger partial charge in [-0.3, -0.25) is 4.90 Å². The molecule has 2 heterocycles. The van der Waals surface area contributed by atoms with Crippen molar-refractivity contribution in [3.8, 4) is 0 Å². The summed E-state index contributed by atoms with van der Waals surface area (Å²) < 4.78 is 5.40. The van der Waals surface area contributed by atoms with Crippen molar-refractivity contribution in [2.75, 3.05) is 43.0 Å². The summed E-state index contributed by atoms with van der Waals surface area (Å²) in [5.74, 6) is 0. The van der Waals surface area contributed by atoms with Crippen molar-refractivity contribution >= 4 is 34.8 Å². The van der Waals surface area contributed by atoms with Crippen LogP contribution in [0.15, 0.2) is 24.3 Å². The van der Waals surface area contributed by atoms with Crippen molar-refractivity contribution < 1.29 is 9.53 Å². The highest BCUT2D eigenvalue weighted by atomic mass is 32.1. The van der Waals surface area contributed by atoms with Gasteiger partial charge in [0.05, 0.1) is 13.1 Å². The second-order valence-corrected chi connectivity index (χ2v) is 6.55. The SMILES string of the molecule is CNC(=S)NC[C@H]1CN(c2ccc(N3CCCCC3)cc2)C(=O)O1. The average molecular weight is 348 g/mol. The molecule has 2 saturated heterocycles. The fourth-order valence-corrected chi connectivity index (χ4v) is 3.21. The molecular weight excluding hydrogens is 324 g/mol. The van der Waals surface area contributed by atoms with Gasteiger partial charge in [0, 0.05) is 31.5 Å². The third-order valence-electron chi connectivity index (χ3n) is 4.47.